The fraction of sp³-hybridized carbons (Fsp3) is 0.652. The minimum absolute atomic E-state index is 0.118. The van der Waals surface area contributed by atoms with Gasteiger partial charge in [0.15, 0.2) is 0 Å². The topological polar surface area (TPSA) is 68.6 Å². The maximum Gasteiger partial charge on any atom is 0.253 e. The minimum Gasteiger partial charge on any atom is -0.385 e. The van der Waals surface area contributed by atoms with Crippen LogP contribution in [0, 0.1) is 0 Å². The van der Waals surface area contributed by atoms with Crippen molar-refractivity contribution < 1.29 is 14.3 Å². The lowest BCUT2D eigenvalue weighted by atomic mass is 10.1. The van der Waals surface area contributed by atoms with Gasteiger partial charge in [0.1, 0.15) is 11.8 Å². The van der Waals surface area contributed by atoms with Crippen molar-refractivity contribution in [3.63, 3.8) is 0 Å². The van der Waals surface area contributed by atoms with Crippen molar-refractivity contribution in [2.75, 3.05) is 33.4 Å². The number of aromatic nitrogens is 2. The Morgan fingerprint density at radius 1 is 1.37 bits per heavy atom. The lowest BCUT2D eigenvalue weighted by Crippen LogP contribution is -2.49. The molecule has 0 aromatic carbocycles. The fourth-order valence-electron chi connectivity index (χ4n) is 4.35. The van der Waals surface area contributed by atoms with Gasteiger partial charge in [-0.05, 0) is 49.3 Å². The molecule has 30 heavy (non-hydrogen) atoms. The number of carbonyl (C=O) groups is 1. The van der Waals surface area contributed by atoms with Crippen LogP contribution in [-0.2, 0) is 33.8 Å². The van der Waals surface area contributed by atoms with Crippen LogP contribution >= 0.6 is 0 Å². The van der Waals surface area contributed by atoms with Gasteiger partial charge in [-0.25, -0.2) is 4.98 Å². The van der Waals surface area contributed by atoms with E-state index >= 15 is 0 Å². The first kappa shape index (κ1) is 21.3. The molecule has 2 aromatic rings. The summed E-state index contributed by atoms with van der Waals surface area (Å²) in [4.78, 5) is 20.0. The van der Waals surface area contributed by atoms with Crippen LogP contribution in [0.1, 0.15) is 43.7 Å². The highest BCUT2D eigenvalue weighted by atomic mass is 16.5. The minimum atomic E-state index is -0.370. The van der Waals surface area contributed by atoms with Gasteiger partial charge in [-0.3, -0.25) is 4.79 Å². The average Bonchev–Trinajstić information content (AvgIpc) is 3.57. The number of nitrogens with zero attached hydrogens (tertiary/aromatic N) is 3. The number of aryl methyl sites for hydroxylation is 2. The summed E-state index contributed by atoms with van der Waals surface area (Å²) in [5.74, 6) is 0.118. The molecule has 2 aliphatic rings. The Labute approximate surface area is 178 Å². The van der Waals surface area contributed by atoms with Gasteiger partial charge >= 0.3 is 0 Å². The number of ether oxygens (including phenoxy) is 2. The van der Waals surface area contributed by atoms with Gasteiger partial charge in [0.25, 0.3) is 5.91 Å². The molecule has 7 heteroatoms. The Balaban J connectivity index is 1.60. The van der Waals surface area contributed by atoms with Gasteiger partial charge in [-0.15, -0.1) is 0 Å². The normalized spacial score (nSPS) is 19.3. The van der Waals surface area contributed by atoms with E-state index in [2.05, 4.69) is 29.1 Å². The maximum absolute atomic E-state index is 13.3. The molecule has 1 N–H and O–H groups in total. The number of rotatable bonds is 10. The smallest absolute Gasteiger partial charge is 0.253 e. The van der Waals surface area contributed by atoms with Gasteiger partial charge in [0.2, 0.25) is 0 Å². The van der Waals surface area contributed by atoms with Gasteiger partial charge in [0, 0.05) is 63.7 Å². The summed E-state index contributed by atoms with van der Waals surface area (Å²) in [6, 6.07) is 2.45. The maximum atomic E-state index is 13.3. The van der Waals surface area contributed by atoms with Crippen molar-refractivity contribution in [1.82, 2.24) is 19.8 Å². The van der Waals surface area contributed by atoms with Crippen molar-refractivity contribution in [3.05, 3.63) is 29.6 Å². The summed E-state index contributed by atoms with van der Waals surface area (Å²) in [7, 11) is 1.74. The second-order valence-electron chi connectivity index (χ2n) is 8.33. The number of methoxy groups -OCH3 is 1. The quantitative estimate of drug-likeness (QED) is 0.605. The van der Waals surface area contributed by atoms with Crippen LogP contribution in [0.15, 0.2) is 18.5 Å². The molecule has 0 unspecified atom stereocenters. The highest BCUT2D eigenvalue weighted by Crippen LogP contribution is 2.32. The molecule has 0 radical (unpaired) electrons. The second-order valence-corrected chi connectivity index (χ2v) is 8.33. The van der Waals surface area contributed by atoms with Crippen LogP contribution in [-0.4, -0.2) is 65.9 Å². The van der Waals surface area contributed by atoms with Crippen molar-refractivity contribution in [2.45, 2.75) is 64.3 Å². The number of fused-ring (bicyclic) bond motifs is 1. The molecule has 1 aliphatic carbocycles. The van der Waals surface area contributed by atoms with E-state index in [1.54, 1.807) is 7.11 Å². The van der Waals surface area contributed by atoms with Gasteiger partial charge in [-0.2, -0.15) is 0 Å². The van der Waals surface area contributed by atoms with E-state index in [9.17, 15) is 4.79 Å². The van der Waals surface area contributed by atoms with Crippen LogP contribution in [0.2, 0.25) is 0 Å². The molecule has 1 amide bonds. The van der Waals surface area contributed by atoms with E-state index in [4.69, 9.17) is 14.5 Å². The number of nitrogens with one attached hydrogen (secondary N) is 1. The van der Waals surface area contributed by atoms with Crippen molar-refractivity contribution in [1.29, 1.82) is 0 Å². The summed E-state index contributed by atoms with van der Waals surface area (Å²) in [5.41, 5.74) is 3.52. The predicted molar refractivity (Wildman–Crippen MR) is 116 cm³/mol. The number of hydrogen-bond donors (Lipinski definition) is 1. The molecule has 2 fully saturated rings. The summed E-state index contributed by atoms with van der Waals surface area (Å²) in [5, 5.41) is 4.50. The van der Waals surface area contributed by atoms with Gasteiger partial charge in [-0.1, -0.05) is 6.92 Å². The molecule has 3 heterocycles. The molecule has 0 bridgehead atoms. The molecule has 164 valence electrons. The highest BCUT2D eigenvalue weighted by Gasteiger charge is 2.37. The van der Waals surface area contributed by atoms with E-state index < -0.39 is 0 Å². The molecule has 1 saturated heterocycles. The monoisotopic (exact) mass is 414 g/mol. The SMILES string of the molecule is CCc1ccnc2c1c(CN(C(=O)[C@H]1CNCCO1)C1CC1)cn2CCCCOC. The fourth-order valence-corrected chi connectivity index (χ4v) is 4.35. The lowest BCUT2D eigenvalue weighted by Gasteiger charge is -2.30. The first-order valence-electron chi connectivity index (χ1n) is 11.3. The summed E-state index contributed by atoms with van der Waals surface area (Å²) in [6.07, 6.45) is 8.94. The molecular weight excluding hydrogens is 380 g/mol. The summed E-state index contributed by atoms with van der Waals surface area (Å²) < 4.78 is 13.2. The van der Waals surface area contributed by atoms with Gasteiger partial charge < -0.3 is 24.3 Å². The Morgan fingerprint density at radius 2 is 2.23 bits per heavy atom. The largest absolute Gasteiger partial charge is 0.385 e. The first-order chi connectivity index (χ1) is 14.7. The van der Waals surface area contributed by atoms with Crippen molar-refractivity contribution in [3.8, 4) is 0 Å². The van der Waals surface area contributed by atoms with Crippen LogP contribution in [0.3, 0.4) is 0 Å². The molecule has 1 saturated carbocycles. The first-order valence-corrected chi connectivity index (χ1v) is 11.3. The zero-order valence-corrected chi connectivity index (χ0v) is 18.2. The van der Waals surface area contributed by atoms with Crippen molar-refractivity contribution in [2.24, 2.45) is 0 Å². The van der Waals surface area contributed by atoms with E-state index in [0.717, 1.165) is 57.4 Å². The van der Waals surface area contributed by atoms with Gasteiger partial charge in [0.05, 0.1) is 6.61 Å². The molecule has 1 aliphatic heterocycles. The second kappa shape index (κ2) is 9.90. The lowest BCUT2D eigenvalue weighted by molar-refractivity contribution is -0.146. The van der Waals surface area contributed by atoms with Crippen LogP contribution in [0.4, 0.5) is 0 Å². The highest BCUT2D eigenvalue weighted by molar-refractivity contribution is 5.86. The number of morpholine rings is 1. The Hall–Kier alpha value is -1.96. The number of carbonyl (C=O) groups excluding carboxylic acids is 1. The molecule has 4 rings (SSSR count). The third kappa shape index (κ3) is 4.68. The molecular formula is C23H34N4O3. The summed E-state index contributed by atoms with van der Waals surface area (Å²) in [6.45, 7) is 6.51. The average molecular weight is 415 g/mol. The Morgan fingerprint density at radius 3 is 2.93 bits per heavy atom. The van der Waals surface area contributed by atoms with Crippen LogP contribution in [0.25, 0.3) is 11.0 Å². The van der Waals surface area contributed by atoms with Crippen LogP contribution < -0.4 is 5.32 Å². The van der Waals surface area contributed by atoms with E-state index in [-0.39, 0.29) is 12.0 Å². The number of amides is 1. The van der Waals surface area contributed by atoms with E-state index in [1.165, 1.54) is 16.5 Å². The summed E-state index contributed by atoms with van der Waals surface area (Å²) >= 11 is 0. The third-order valence-corrected chi connectivity index (χ3v) is 6.11. The predicted octanol–water partition coefficient (Wildman–Crippen LogP) is 2.50. The number of pyridine rings is 1. The zero-order valence-electron chi connectivity index (χ0n) is 18.2. The number of unbranched alkanes of at least 4 members (excludes halogenated alkanes) is 1. The zero-order chi connectivity index (χ0) is 20.9. The Kier molecular flexibility index (Phi) is 7.02. The standard InChI is InChI=1S/C23H34N4O3/c1-3-17-8-9-25-22-21(17)18(15-26(22)11-4-5-12-29-2)16-27(19-6-7-19)23(28)20-14-24-10-13-30-20/h8-9,15,19-20,24H,3-7,10-14,16H2,1-2H3/t20-/m1/s1. The van der Waals surface area contributed by atoms with Crippen molar-refractivity contribution >= 4 is 16.9 Å². The van der Waals surface area contributed by atoms with E-state index in [0.29, 0.717) is 25.7 Å². The van der Waals surface area contributed by atoms with Crippen LogP contribution in [0.5, 0.6) is 0 Å². The van der Waals surface area contributed by atoms with E-state index in [1.807, 2.05) is 11.1 Å². The number of hydrogen-bond acceptors (Lipinski definition) is 5. The molecule has 1 atom stereocenters. The third-order valence-electron chi connectivity index (χ3n) is 6.11. The molecule has 2 aromatic heterocycles. The molecule has 7 nitrogen and oxygen atoms in total. The molecule has 0 spiro atoms. The Bertz CT molecular complexity index is 855.